The van der Waals surface area contributed by atoms with E-state index < -0.39 is 0 Å². The number of amidine groups is 1. The van der Waals surface area contributed by atoms with E-state index in [1.54, 1.807) is 0 Å². The number of nitrogens with zero attached hydrogens (tertiary/aromatic N) is 1. The van der Waals surface area contributed by atoms with Gasteiger partial charge in [-0.2, -0.15) is 0 Å². The number of allylic oxidation sites excluding steroid dienone is 1. The van der Waals surface area contributed by atoms with Crippen molar-refractivity contribution in [2.45, 2.75) is 20.8 Å². The second-order valence-corrected chi connectivity index (χ2v) is 3.25. The summed E-state index contributed by atoms with van der Waals surface area (Å²) in [4.78, 5) is 4.14. The highest BCUT2D eigenvalue weighted by Gasteiger charge is 2.27. The lowest BCUT2D eigenvalue weighted by Crippen LogP contribution is -2.27. The van der Waals surface area contributed by atoms with Gasteiger partial charge in [-0.15, -0.1) is 0 Å². The molecule has 0 amide bonds. The molecule has 0 fully saturated rings. The molecule has 0 aromatic rings. The number of aliphatic imine (C=N–C) groups is 1. The van der Waals surface area contributed by atoms with Crippen LogP contribution in [0.1, 0.15) is 20.8 Å². The Morgan fingerprint density at radius 2 is 2.10 bits per heavy atom. The monoisotopic (exact) mass is 138 g/mol. The molecule has 10 heavy (non-hydrogen) atoms. The number of nitrogens with one attached hydrogen (secondary N) is 1. The van der Waals surface area contributed by atoms with Crippen LogP contribution < -0.4 is 5.32 Å². The summed E-state index contributed by atoms with van der Waals surface area (Å²) in [6.45, 7) is 6.36. The van der Waals surface area contributed by atoms with Crippen LogP contribution in [0.3, 0.4) is 0 Å². The Morgan fingerprint density at radius 1 is 1.50 bits per heavy atom. The van der Waals surface area contributed by atoms with Crippen LogP contribution in [0, 0.1) is 5.41 Å². The van der Waals surface area contributed by atoms with Gasteiger partial charge in [0.05, 0.1) is 0 Å². The summed E-state index contributed by atoms with van der Waals surface area (Å²) in [5, 5.41) is 3.20. The molecule has 0 unspecified atom stereocenters. The molecule has 1 aliphatic rings. The fraction of sp³-hybridized carbons (Fsp3) is 0.625. The summed E-state index contributed by atoms with van der Waals surface area (Å²) in [7, 11) is 1.82. The molecule has 1 rings (SSSR count). The van der Waals surface area contributed by atoms with Crippen molar-refractivity contribution in [3.63, 3.8) is 0 Å². The third kappa shape index (κ3) is 1.06. The predicted octanol–water partition coefficient (Wildman–Crippen LogP) is 1.55. The van der Waals surface area contributed by atoms with Gasteiger partial charge in [-0.3, -0.25) is 4.99 Å². The van der Waals surface area contributed by atoms with Gasteiger partial charge in [-0.05, 0) is 20.8 Å². The molecule has 1 heterocycles. The predicted molar refractivity (Wildman–Crippen MR) is 44.0 cm³/mol. The van der Waals surface area contributed by atoms with Gasteiger partial charge in [0.15, 0.2) is 0 Å². The molecule has 1 aliphatic heterocycles. The van der Waals surface area contributed by atoms with E-state index >= 15 is 0 Å². The van der Waals surface area contributed by atoms with Crippen LogP contribution in [0.4, 0.5) is 0 Å². The van der Waals surface area contributed by atoms with Crippen LogP contribution in [0.2, 0.25) is 0 Å². The molecule has 0 aliphatic carbocycles. The highest BCUT2D eigenvalue weighted by molar-refractivity contribution is 5.93. The summed E-state index contributed by atoms with van der Waals surface area (Å²) in [5.74, 6) is 1.06. The molecular formula is C8H14N2. The van der Waals surface area contributed by atoms with E-state index in [9.17, 15) is 0 Å². The first-order chi connectivity index (χ1) is 4.56. The van der Waals surface area contributed by atoms with Crippen molar-refractivity contribution in [3.05, 3.63) is 11.8 Å². The van der Waals surface area contributed by atoms with Crippen LogP contribution in [0.15, 0.2) is 16.8 Å². The lowest BCUT2D eigenvalue weighted by Gasteiger charge is -2.14. The van der Waals surface area contributed by atoms with Gasteiger partial charge >= 0.3 is 0 Å². The molecule has 0 aromatic heterocycles. The molecule has 1 N–H and O–H groups in total. The smallest absolute Gasteiger partial charge is 0.110 e. The zero-order valence-electron chi connectivity index (χ0n) is 7.02. The van der Waals surface area contributed by atoms with Crippen molar-refractivity contribution < 1.29 is 0 Å². The molecule has 0 saturated carbocycles. The van der Waals surface area contributed by atoms with Gasteiger partial charge in [0.1, 0.15) is 5.84 Å². The maximum Gasteiger partial charge on any atom is 0.110 e. The first-order valence-corrected chi connectivity index (χ1v) is 3.50. The van der Waals surface area contributed by atoms with Gasteiger partial charge in [-0.1, -0.05) is 6.08 Å². The summed E-state index contributed by atoms with van der Waals surface area (Å²) in [5.41, 5.74) is 1.31. The first-order valence-electron chi connectivity index (χ1n) is 3.50. The van der Waals surface area contributed by atoms with Crippen LogP contribution in [0.25, 0.3) is 0 Å². The highest BCUT2D eigenvalue weighted by atomic mass is 15.0. The highest BCUT2D eigenvalue weighted by Crippen LogP contribution is 2.25. The SMILES string of the molecule is CN=C1NC(C)=CC1(C)C. The summed E-state index contributed by atoms with van der Waals surface area (Å²) < 4.78 is 0. The van der Waals surface area contributed by atoms with Crippen molar-refractivity contribution >= 4 is 5.84 Å². The van der Waals surface area contributed by atoms with Gasteiger partial charge in [0.2, 0.25) is 0 Å². The number of hydrogen-bond acceptors (Lipinski definition) is 1. The van der Waals surface area contributed by atoms with Gasteiger partial charge < -0.3 is 5.32 Å². The summed E-state index contributed by atoms with van der Waals surface area (Å²) in [6, 6.07) is 0. The Morgan fingerprint density at radius 3 is 2.30 bits per heavy atom. The maximum atomic E-state index is 4.14. The van der Waals surface area contributed by atoms with Crippen LogP contribution >= 0.6 is 0 Å². The Labute approximate surface area is 62.0 Å². The maximum absolute atomic E-state index is 4.14. The number of hydrogen-bond donors (Lipinski definition) is 1. The fourth-order valence-corrected chi connectivity index (χ4v) is 1.34. The average molecular weight is 138 g/mol. The van der Waals surface area contributed by atoms with Gasteiger partial charge in [-0.25, -0.2) is 0 Å². The standard InChI is InChI=1S/C8H14N2/c1-6-5-8(2,3)7(9-4)10-6/h5H,1-4H3,(H,9,10). The molecule has 0 radical (unpaired) electrons. The van der Waals surface area contributed by atoms with Crippen LogP contribution in [-0.4, -0.2) is 12.9 Å². The molecular weight excluding hydrogens is 124 g/mol. The summed E-state index contributed by atoms with van der Waals surface area (Å²) in [6.07, 6.45) is 2.19. The van der Waals surface area contributed by atoms with E-state index in [1.165, 1.54) is 5.70 Å². The van der Waals surface area contributed by atoms with Crippen molar-refractivity contribution in [3.8, 4) is 0 Å². The molecule has 2 nitrogen and oxygen atoms in total. The minimum absolute atomic E-state index is 0.110. The second-order valence-electron chi connectivity index (χ2n) is 3.25. The Balaban J connectivity index is 2.92. The minimum Gasteiger partial charge on any atom is -0.347 e. The van der Waals surface area contributed by atoms with E-state index in [2.05, 4.69) is 37.2 Å². The van der Waals surface area contributed by atoms with Gasteiger partial charge in [0, 0.05) is 18.2 Å². The van der Waals surface area contributed by atoms with Gasteiger partial charge in [0.25, 0.3) is 0 Å². The van der Waals surface area contributed by atoms with Crippen LogP contribution in [0.5, 0.6) is 0 Å². The summed E-state index contributed by atoms with van der Waals surface area (Å²) >= 11 is 0. The van der Waals surface area contributed by atoms with E-state index in [4.69, 9.17) is 0 Å². The minimum atomic E-state index is 0.110. The number of rotatable bonds is 0. The second kappa shape index (κ2) is 2.11. The van der Waals surface area contributed by atoms with E-state index in [0.29, 0.717) is 0 Å². The Bertz CT molecular complexity index is 199. The zero-order valence-corrected chi connectivity index (χ0v) is 7.02. The van der Waals surface area contributed by atoms with Crippen molar-refractivity contribution in [1.29, 1.82) is 0 Å². The molecule has 0 spiro atoms. The lowest BCUT2D eigenvalue weighted by atomic mass is 9.94. The molecule has 0 atom stereocenters. The van der Waals surface area contributed by atoms with Crippen molar-refractivity contribution in [2.24, 2.45) is 10.4 Å². The first kappa shape index (κ1) is 7.32. The third-order valence-electron chi connectivity index (χ3n) is 1.73. The van der Waals surface area contributed by atoms with E-state index in [0.717, 1.165) is 5.84 Å². The molecule has 56 valence electrons. The van der Waals surface area contributed by atoms with E-state index in [-0.39, 0.29) is 5.41 Å². The van der Waals surface area contributed by atoms with E-state index in [1.807, 2.05) is 7.05 Å². The largest absolute Gasteiger partial charge is 0.347 e. The molecule has 0 saturated heterocycles. The quantitative estimate of drug-likeness (QED) is 0.539. The third-order valence-corrected chi connectivity index (χ3v) is 1.73. The molecule has 0 bridgehead atoms. The Hall–Kier alpha value is -0.790. The van der Waals surface area contributed by atoms with Crippen molar-refractivity contribution in [2.75, 3.05) is 7.05 Å². The lowest BCUT2D eigenvalue weighted by molar-refractivity contribution is 0.678. The normalized spacial score (nSPS) is 26.4. The topological polar surface area (TPSA) is 24.4 Å². The Kier molecular flexibility index (Phi) is 1.55. The molecule has 0 aromatic carbocycles. The molecule has 2 heteroatoms. The fourth-order valence-electron chi connectivity index (χ4n) is 1.34. The van der Waals surface area contributed by atoms with Crippen LogP contribution in [-0.2, 0) is 0 Å². The van der Waals surface area contributed by atoms with Crippen molar-refractivity contribution in [1.82, 2.24) is 5.32 Å². The average Bonchev–Trinajstić information content (AvgIpc) is 2.04. The zero-order chi connectivity index (χ0) is 7.78.